The molecule has 0 spiro atoms. The lowest BCUT2D eigenvalue weighted by atomic mass is 10.0. The number of ether oxygens (including phenoxy) is 1. The number of para-hydroxylation sites is 2. The van der Waals surface area contributed by atoms with Crippen molar-refractivity contribution in [1.82, 2.24) is 0 Å². The molecule has 1 aromatic rings. The third-order valence-corrected chi connectivity index (χ3v) is 6.43. The molecule has 0 saturated heterocycles. The van der Waals surface area contributed by atoms with Crippen molar-refractivity contribution in [2.75, 3.05) is 23.9 Å². The maximum atomic E-state index is 12.2. The lowest BCUT2D eigenvalue weighted by Crippen LogP contribution is -2.13. The minimum atomic E-state index is -0.911. The molecule has 1 rings (SSSR count). The molecule has 1 unspecified atom stereocenters. The van der Waals surface area contributed by atoms with Crippen LogP contribution in [0.25, 0.3) is 0 Å². The van der Waals surface area contributed by atoms with Gasteiger partial charge in [0, 0.05) is 6.42 Å². The maximum absolute atomic E-state index is 12.2. The Labute approximate surface area is 203 Å². The average molecular weight is 482 g/mol. The molecule has 0 saturated carbocycles. The summed E-state index contributed by atoms with van der Waals surface area (Å²) >= 11 is -0.636. The second-order valence-corrected chi connectivity index (χ2v) is 10.2. The van der Waals surface area contributed by atoms with E-state index in [1.807, 2.05) is 6.07 Å². The first kappa shape index (κ1) is 29.3. The van der Waals surface area contributed by atoms with Gasteiger partial charge in [-0.05, 0) is 31.4 Å². The molecule has 33 heavy (non-hydrogen) atoms. The number of nitrogens with one attached hydrogen (secondary N) is 1. The Kier molecular flexibility index (Phi) is 17.5. The van der Waals surface area contributed by atoms with Gasteiger partial charge in [0.25, 0.3) is 0 Å². The third-order valence-electron chi connectivity index (χ3n) is 5.57. The Hall–Kier alpha value is -1.73. The second-order valence-electron chi connectivity index (χ2n) is 8.66. The van der Waals surface area contributed by atoms with Crippen molar-refractivity contribution in [1.29, 1.82) is 0 Å². The summed E-state index contributed by atoms with van der Waals surface area (Å²) in [6, 6.07) is 7.11. The van der Waals surface area contributed by atoms with E-state index in [0.29, 0.717) is 17.9 Å². The van der Waals surface area contributed by atoms with Gasteiger partial charge in [-0.3, -0.25) is 9.59 Å². The molecular weight excluding hydrogens is 438 g/mol. The van der Waals surface area contributed by atoms with E-state index in [4.69, 9.17) is 9.84 Å². The summed E-state index contributed by atoms with van der Waals surface area (Å²) < 4.78 is 16.5. The number of carbonyl (C=O) groups excluding carboxylic acids is 1. The van der Waals surface area contributed by atoms with Crippen LogP contribution in [0.5, 0.6) is 5.75 Å². The molecule has 0 aliphatic carbocycles. The fourth-order valence-electron chi connectivity index (χ4n) is 3.69. The molecule has 6 nitrogen and oxygen atoms in total. The number of hydrogen-bond donors (Lipinski definition) is 2. The Morgan fingerprint density at radius 1 is 0.848 bits per heavy atom. The topological polar surface area (TPSA) is 98.7 Å². The molecule has 0 aliphatic heterocycles. The van der Waals surface area contributed by atoms with E-state index in [1.165, 1.54) is 64.2 Å². The summed E-state index contributed by atoms with van der Waals surface area (Å²) in [5.74, 6) is 0.406. The molecule has 188 valence electrons. The SMILES string of the molecule is C[S+]([O-])CCCCCCCCCCCCCCCC(=O)Nc1ccccc1OCCC(=O)O. The van der Waals surface area contributed by atoms with E-state index in [2.05, 4.69) is 5.32 Å². The van der Waals surface area contributed by atoms with Gasteiger partial charge in [-0.2, -0.15) is 0 Å². The van der Waals surface area contributed by atoms with Gasteiger partial charge in [0.2, 0.25) is 5.91 Å². The fourth-order valence-corrected chi connectivity index (χ4v) is 4.30. The van der Waals surface area contributed by atoms with Crippen molar-refractivity contribution in [3.05, 3.63) is 24.3 Å². The summed E-state index contributed by atoms with van der Waals surface area (Å²) in [5.41, 5.74) is 0.588. The predicted octanol–water partition coefficient (Wildman–Crippen LogP) is 6.32. The van der Waals surface area contributed by atoms with Gasteiger partial charge in [0.05, 0.1) is 25.0 Å². The van der Waals surface area contributed by atoms with E-state index in [9.17, 15) is 14.1 Å². The number of hydrogen-bond acceptors (Lipinski definition) is 4. The van der Waals surface area contributed by atoms with Crippen LogP contribution >= 0.6 is 0 Å². The zero-order valence-electron chi connectivity index (χ0n) is 20.3. The standard InChI is InChI=1S/C26H43NO5S/c1-33(31)22-16-12-10-8-6-4-2-3-5-7-9-11-13-19-25(28)27-23-17-14-15-18-24(23)32-21-20-26(29)30/h14-15,17-18H,2-13,16,19-22H2,1H3,(H,27,28)(H,29,30). The van der Waals surface area contributed by atoms with Crippen molar-refractivity contribution < 1.29 is 24.0 Å². The normalized spacial score (nSPS) is 11.8. The average Bonchev–Trinajstić information content (AvgIpc) is 2.77. The highest BCUT2D eigenvalue weighted by molar-refractivity contribution is 7.90. The summed E-state index contributed by atoms with van der Waals surface area (Å²) in [7, 11) is 0. The number of unbranched alkanes of at least 4 members (excludes halogenated alkanes) is 12. The molecule has 1 amide bonds. The van der Waals surface area contributed by atoms with Crippen molar-refractivity contribution in [3.63, 3.8) is 0 Å². The number of benzene rings is 1. The minimum absolute atomic E-state index is 0.0350. The van der Waals surface area contributed by atoms with E-state index in [-0.39, 0.29) is 18.9 Å². The van der Waals surface area contributed by atoms with Crippen LogP contribution in [0.4, 0.5) is 5.69 Å². The minimum Gasteiger partial charge on any atom is -0.617 e. The van der Waals surface area contributed by atoms with E-state index in [1.54, 1.807) is 24.5 Å². The van der Waals surface area contributed by atoms with Crippen LogP contribution in [-0.2, 0) is 20.8 Å². The molecule has 0 bridgehead atoms. The highest BCUT2D eigenvalue weighted by Gasteiger charge is 2.08. The van der Waals surface area contributed by atoms with Gasteiger partial charge in [0.1, 0.15) is 11.5 Å². The smallest absolute Gasteiger partial charge is 0.306 e. The monoisotopic (exact) mass is 481 g/mol. The first-order chi connectivity index (χ1) is 16.0. The number of carbonyl (C=O) groups is 2. The summed E-state index contributed by atoms with van der Waals surface area (Å²) in [6.07, 6.45) is 17.9. The fraction of sp³-hybridized carbons (Fsp3) is 0.692. The van der Waals surface area contributed by atoms with Crippen LogP contribution in [-0.4, -0.2) is 40.2 Å². The molecule has 0 fully saturated rings. The van der Waals surface area contributed by atoms with Crippen molar-refractivity contribution in [2.24, 2.45) is 0 Å². The Morgan fingerprint density at radius 2 is 1.36 bits per heavy atom. The lowest BCUT2D eigenvalue weighted by Gasteiger charge is -2.12. The zero-order valence-corrected chi connectivity index (χ0v) is 21.1. The molecule has 0 aromatic heterocycles. The first-order valence-electron chi connectivity index (χ1n) is 12.5. The summed E-state index contributed by atoms with van der Waals surface area (Å²) in [5, 5.41) is 11.6. The van der Waals surface area contributed by atoms with Gasteiger partial charge in [-0.1, -0.05) is 87.5 Å². The molecule has 0 radical (unpaired) electrons. The summed E-state index contributed by atoms with van der Waals surface area (Å²) in [4.78, 5) is 22.8. The van der Waals surface area contributed by atoms with Gasteiger partial charge >= 0.3 is 5.97 Å². The highest BCUT2D eigenvalue weighted by Crippen LogP contribution is 2.24. The molecule has 1 atom stereocenters. The van der Waals surface area contributed by atoms with Gasteiger partial charge < -0.3 is 19.7 Å². The number of carboxylic acid groups (broad SMARTS) is 1. The number of amides is 1. The molecule has 0 aliphatic rings. The van der Waals surface area contributed by atoms with Gasteiger partial charge in [-0.15, -0.1) is 0 Å². The number of carboxylic acids is 1. The van der Waals surface area contributed by atoms with Crippen LogP contribution < -0.4 is 10.1 Å². The van der Waals surface area contributed by atoms with Crippen molar-refractivity contribution in [3.8, 4) is 5.75 Å². The van der Waals surface area contributed by atoms with Crippen LogP contribution in [0.2, 0.25) is 0 Å². The van der Waals surface area contributed by atoms with Crippen LogP contribution in [0.3, 0.4) is 0 Å². The highest BCUT2D eigenvalue weighted by atomic mass is 32.2. The maximum Gasteiger partial charge on any atom is 0.306 e. The predicted molar refractivity (Wildman–Crippen MR) is 136 cm³/mol. The lowest BCUT2D eigenvalue weighted by molar-refractivity contribution is -0.137. The Balaban J connectivity index is 1.97. The largest absolute Gasteiger partial charge is 0.617 e. The van der Waals surface area contributed by atoms with Gasteiger partial charge in [-0.25, -0.2) is 0 Å². The van der Waals surface area contributed by atoms with E-state index in [0.717, 1.165) is 25.0 Å². The van der Waals surface area contributed by atoms with Crippen LogP contribution in [0, 0.1) is 0 Å². The molecule has 1 aromatic carbocycles. The van der Waals surface area contributed by atoms with Crippen molar-refractivity contribution >= 4 is 28.7 Å². The Morgan fingerprint density at radius 3 is 1.91 bits per heavy atom. The van der Waals surface area contributed by atoms with Crippen LogP contribution in [0.1, 0.15) is 96.3 Å². The van der Waals surface area contributed by atoms with Gasteiger partial charge in [0.15, 0.2) is 0 Å². The first-order valence-corrected chi connectivity index (χ1v) is 14.2. The molecule has 7 heteroatoms. The number of rotatable bonds is 21. The van der Waals surface area contributed by atoms with Crippen molar-refractivity contribution in [2.45, 2.75) is 96.3 Å². The Bertz CT molecular complexity index is 653. The number of aliphatic carboxylic acids is 1. The molecular formula is C26H43NO5S. The third kappa shape index (κ3) is 17.4. The molecule has 0 heterocycles. The van der Waals surface area contributed by atoms with Crippen LogP contribution in [0.15, 0.2) is 24.3 Å². The summed E-state index contributed by atoms with van der Waals surface area (Å²) in [6.45, 7) is 0.0748. The number of anilines is 1. The quantitative estimate of drug-likeness (QED) is 0.158. The molecule has 2 N–H and O–H groups in total. The zero-order chi connectivity index (χ0) is 24.2. The van der Waals surface area contributed by atoms with E-state index < -0.39 is 17.1 Å². The second kappa shape index (κ2) is 19.7. The van der Waals surface area contributed by atoms with E-state index >= 15 is 0 Å².